The third-order valence-corrected chi connectivity index (χ3v) is 5.39. The first-order valence-corrected chi connectivity index (χ1v) is 7.89. The van der Waals surface area contributed by atoms with Crippen LogP contribution in [-0.4, -0.2) is 0 Å². The van der Waals surface area contributed by atoms with Crippen LogP contribution >= 0.6 is 0 Å². The van der Waals surface area contributed by atoms with E-state index in [-0.39, 0.29) is 5.54 Å². The second-order valence-electron chi connectivity index (χ2n) is 7.55. The highest BCUT2D eigenvalue weighted by Gasteiger charge is 2.38. The molecular formula is C18H27N. The van der Waals surface area contributed by atoms with Gasteiger partial charge in [0.05, 0.1) is 0 Å². The summed E-state index contributed by atoms with van der Waals surface area (Å²) in [6.45, 7) is 4.84. The number of rotatable bonds is 2. The van der Waals surface area contributed by atoms with Crippen molar-refractivity contribution in [1.29, 1.82) is 0 Å². The summed E-state index contributed by atoms with van der Waals surface area (Å²) in [6, 6.07) is 8.99. The van der Waals surface area contributed by atoms with E-state index >= 15 is 0 Å². The summed E-state index contributed by atoms with van der Waals surface area (Å²) in [7, 11) is 0. The van der Waals surface area contributed by atoms with Gasteiger partial charge < -0.3 is 5.73 Å². The Morgan fingerprint density at radius 2 is 1.79 bits per heavy atom. The molecule has 2 N–H and O–H groups in total. The molecule has 1 aromatic carbocycles. The first kappa shape index (κ1) is 13.2. The highest BCUT2D eigenvalue weighted by Crippen LogP contribution is 2.48. The van der Waals surface area contributed by atoms with Crippen LogP contribution in [0.4, 0.5) is 0 Å². The van der Waals surface area contributed by atoms with Crippen molar-refractivity contribution in [3.05, 3.63) is 35.4 Å². The van der Waals surface area contributed by atoms with Gasteiger partial charge in [-0.3, -0.25) is 0 Å². The minimum Gasteiger partial charge on any atom is -0.321 e. The monoisotopic (exact) mass is 257 g/mol. The highest BCUT2D eigenvalue weighted by molar-refractivity contribution is 5.38. The van der Waals surface area contributed by atoms with Crippen LogP contribution in [0.25, 0.3) is 0 Å². The van der Waals surface area contributed by atoms with Gasteiger partial charge in [-0.05, 0) is 61.0 Å². The van der Waals surface area contributed by atoms with Crippen molar-refractivity contribution in [2.24, 2.45) is 11.1 Å². The average Bonchev–Trinajstić information content (AvgIpc) is 2.35. The molecule has 0 heterocycles. The van der Waals surface area contributed by atoms with Crippen LogP contribution in [0, 0.1) is 5.41 Å². The zero-order valence-electron chi connectivity index (χ0n) is 12.4. The van der Waals surface area contributed by atoms with Crippen LogP contribution in [0.1, 0.15) is 75.8 Å². The fourth-order valence-corrected chi connectivity index (χ4v) is 4.10. The molecule has 0 amide bonds. The van der Waals surface area contributed by atoms with Crippen LogP contribution < -0.4 is 5.73 Å². The molecule has 1 aromatic rings. The van der Waals surface area contributed by atoms with E-state index in [4.69, 9.17) is 5.73 Å². The topological polar surface area (TPSA) is 26.0 Å². The number of hydrogen-bond acceptors (Lipinski definition) is 1. The Hall–Kier alpha value is -0.820. The predicted molar refractivity (Wildman–Crippen MR) is 81.1 cm³/mol. The van der Waals surface area contributed by atoms with Gasteiger partial charge in [-0.25, -0.2) is 0 Å². The lowest BCUT2D eigenvalue weighted by molar-refractivity contribution is 0.211. The molecule has 19 heavy (non-hydrogen) atoms. The molecule has 2 fully saturated rings. The minimum atomic E-state index is -0.0157. The van der Waals surface area contributed by atoms with Crippen LogP contribution in [-0.2, 0) is 5.54 Å². The van der Waals surface area contributed by atoms with Gasteiger partial charge in [0.25, 0.3) is 0 Å². The summed E-state index contributed by atoms with van der Waals surface area (Å²) in [6.07, 6.45) is 9.03. The molecule has 1 heteroatoms. The fraction of sp³-hybridized carbons (Fsp3) is 0.667. The van der Waals surface area contributed by atoms with Crippen molar-refractivity contribution >= 4 is 0 Å². The van der Waals surface area contributed by atoms with Gasteiger partial charge in [0.2, 0.25) is 0 Å². The van der Waals surface area contributed by atoms with Gasteiger partial charge in [0.1, 0.15) is 0 Å². The van der Waals surface area contributed by atoms with Gasteiger partial charge >= 0.3 is 0 Å². The van der Waals surface area contributed by atoms with E-state index < -0.39 is 0 Å². The smallest absolute Gasteiger partial charge is 0.0412 e. The summed E-state index contributed by atoms with van der Waals surface area (Å²) < 4.78 is 0. The van der Waals surface area contributed by atoms with Crippen LogP contribution in [0.5, 0.6) is 0 Å². The third-order valence-electron chi connectivity index (χ3n) is 5.39. The van der Waals surface area contributed by atoms with Crippen molar-refractivity contribution < 1.29 is 0 Å². The lowest BCUT2D eigenvalue weighted by Gasteiger charge is -2.43. The van der Waals surface area contributed by atoms with Crippen molar-refractivity contribution in [2.75, 3.05) is 0 Å². The van der Waals surface area contributed by atoms with Gasteiger partial charge in [0, 0.05) is 5.54 Å². The average molecular weight is 257 g/mol. The summed E-state index contributed by atoms with van der Waals surface area (Å²) in [5.74, 6) is 0.723. The van der Waals surface area contributed by atoms with E-state index in [1.807, 2.05) is 0 Å². The molecule has 0 aromatic heterocycles. The van der Waals surface area contributed by atoms with Gasteiger partial charge in [-0.1, -0.05) is 44.5 Å². The molecule has 0 aliphatic heterocycles. The Bertz CT molecular complexity index is 457. The van der Waals surface area contributed by atoms with E-state index in [0.717, 1.165) is 5.92 Å². The first-order valence-electron chi connectivity index (χ1n) is 7.89. The zero-order chi connectivity index (χ0) is 13.5. The van der Waals surface area contributed by atoms with Crippen LogP contribution in [0.3, 0.4) is 0 Å². The third kappa shape index (κ3) is 2.45. The SMILES string of the molecule is CC1(C)CCCC(c2ccccc2C2(N)CCC2)C1. The fourth-order valence-electron chi connectivity index (χ4n) is 4.10. The molecular weight excluding hydrogens is 230 g/mol. The number of hydrogen-bond donors (Lipinski definition) is 1. The van der Waals surface area contributed by atoms with Crippen molar-refractivity contribution in [1.82, 2.24) is 0 Å². The Morgan fingerprint density at radius 3 is 2.42 bits per heavy atom. The summed E-state index contributed by atoms with van der Waals surface area (Å²) in [5, 5.41) is 0. The predicted octanol–water partition coefficient (Wildman–Crippen LogP) is 4.71. The van der Waals surface area contributed by atoms with Crippen molar-refractivity contribution in [3.8, 4) is 0 Å². The standard InChI is InChI=1S/C18H27N/c1-17(2)10-5-7-14(13-17)15-8-3-4-9-16(15)18(19)11-6-12-18/h3-4,8-9,14H,5-7,10-13,19H2,1-2H3. The summed E-state index contributed by atoms with van der Waals surface area (Å²) in [5.41, 5.74) is 10.1. The van der Waals surface area contributed by atoms with E-state index in [0.29, 0.717) is 5.41 Å². The lowest BCUT2D eigenvalue weighted by Crippen LogP contribution is -2.44. The molecule has 3 rings (SSSR count). The molecule has 0 saturated heterocycles. The summed E-state index contributed by atoms with van der Waals surface area (Å²) in [4.78, 5) is 0. The maximum atomic E-state index is 6.60. The van der Waals surface area contributed by atoms with Gasteiger partial charge in [-0.2, -0.15) is 0 Å². The van der Waals surface area contributed by atoms with Crippen molar-refractivity contribution in [3.63, 3.8) is 0 Å². The maximum Gasteiger partial charge on any atom is 0.0412 e. The molecule has 1 nitrogen and oxygen atoms in total. The number of nitrogens with two attached hydrogens (primary N) is 1. The molecule has 1 atom stereocenters. The quantitative estimate of drug-likeness (QED) is 0.816. The van der Waals surface area contributed by atoms with Crippen LogP contribution in [0.2, 0.25) is 0 Å². The van der Waals surface area contributed by atoms with E-state index in [1.165, 1.54) is 50.5 Å². The van der Waals surface area contributed by atoms with E-state index in [2.05, 4.69) is 38.1 Å². The second kappa shape index (κ2) is 4.63. The van der Waals surface area contributed by atoms with E-state index in [9.17, 15) is 0 Å². The Morgan fingerprint density at radius 1 is 1.05 bits per heavy atom. The normalized spacial score (nSPS) is 28.7. The minimum absolute atomic E-state index is 0.0157. The largest absolute Gasteiger partial charge is 0.321 e. The first-order chi connectivity index (χ1) is 9.00. The summed E-state index contributed by atoms with van der Waals surface area (Å²) >= 11 is 0. The second-order valence-corrected chi connectivity index (χ2v) is 7.55. The Kier molecular flexibility index (Phi) is 3.21. The molecule has 2 saturated carbocycles. The molecule has 1 unspecified atom stereocenters. The molecule has 2 aliphatic carbocycles. The van der Waals surface area contributed by atoms with Gasteiger partial charge in [0.15, 0.2) is 0 Å². The maximum absolute atomic E-state index is 6.60. The molecule has 0 bridgehead atoms. The lowest BCUT2D eigenvalue weighted by atomic mass is 9.65. The van der Waals surface area contributed by atoms with E-state index in [1.54, 1.807) is 5.56 Å². The van der Waals surface area contributed by atoms with Gasteiger partial charge in [-0.15, -0.1) is 0 Å². The number of benzene rings is 1. The van der Waals surface area contributed by atoms with Crippen molar-refractivity contribution in [2.45, 2.75) is 70.3 Å². The zero-order valence-corrected chi connectivity index (χ0v) is 12.4. The Labute approximate surface area is 117 Å². The molecule has 0 radical (unpaired) electrons. The molecule has 0 spiro atoms. The highest BCUT2D eigenvalue weighted by atomic mass is 14.8. The molecule has 104 valence electrons. The Balaban J connectivity index is 1.92. The van der Waals surface area contributed by atoms with Crippen LogP contribution in [0.15, 0.2) is 24.3 Å². The molecule has 2 aliphatic rings.